The van der Waals surface area contributed by atoms with Crippen LogP contribution in [0, 0.1) is 84.2 Å². The van der Waals surface area contributed by atoms with Gasteiger partial charge in [-0.3, -0.25) is 0 Å². The first-order chi connectivity index (χ1) is 7.11. The molecule has 0 heterocycles. The van der Waals surface area contributed by atoms with E-state index in [1.165, 1.54) is 36.4 Å². The Hall–Kier alpha value is -3.06. The van der Waals surface area contributed by atoms with Crippen molar-refractivity contribution < 1.29 is 0 Å². The van der Waals surface area contributed by atoms with E-state index in [0.717, 1.165) is 0 Å². The van der Waals surface area contributed by atoms with Crippen molar-refractivity contribution in [3.05, 3.63) is 0 Å². The molecule has 0 bridgehead atoms. The van der Waals surface area contributed by atoms with Gasteiger partial charge >= 0.3 is 0 Å². The predicted octanol–water partition coefficient (Wildman–Crippen LogP) is 0.101. The van der Waals surface area contributed by atoms with Gasteiger partial charge in [0.1, 0.15) is 0 Å². The molecule has 0 radical (unpaired) electrons. The Morgan fingerprint density at radius 1 is 0.400 bits per heavy atom. The Labute approximate surface area is 85.0 Å². The molecule has 66 valence electrons. The highest BCUT2D eigenvalue weighted by Gasteiger charge is 2.95. The minimum Gasteiger partial charge on any atom is -0.196 e. The van der Waals surface area contributed by atoms with Crippen LogP contribution in [-0.2, 0) is 0 Å². The summed E-state index contributed by atoms with van der Waals surface area (Å²) in [6.45, 7) is 0. The average molecular weight is 192 g/mol. The van der Waals surface area contributed by atoms with E-state index in [1.54, 1.807) is 0 Å². The molecule has 1 aliphatic carbocycles. The fourth-order valence-corrected chi connectivity index (χ4v) is 1.64. The second-order valence-corrected chi connectivity index (χ2v) is 2.92. The van der Waals surface area contributed by atoms with E-state index in [4.69, 9.17) is 31.6 Å². The molecule has 15 heavy (non-hydrogen) atoms. The highest BCUT2D eigenvalue weighted by Crippen LogP contribution is 2.76. The third-order valence-electron chi connectivity index (χ3n) is 2.63. The van der Waals surface area contributed by atoms with Crippen LogP contribution in [0.3, 0.4) is 0 Å². The molecule has 0 aromatic carbocycles. The van der Waals surface area contributed by atoms with E-state index in [9.17, 15) is 0 Å². The zero-order valence-electron chi connectivity index (χ0n) is 7.18. The van der Waals surface area contributed by atoms with Gasteiger partial charge in [-0.1, -0.05) is 0 Å². The smallest absolute Gasteiger partial charge is 0.196 e. The first-order valence-electron chi connectivity index (χ1n) is 3.59. The molecule has 0 aromatic heterocycles. The number of nitriles is 6. The highest BCUT2D eigenvalue weighted by atomic mass is 14.8. The summed E-state index contributed by atoms with van der Waals surface area (Å²) < 4.78 is 0. The van der Waals surface area contributed by atoms with Gasteiger partial charge in [0.2, 0.25) is 16.2 Å². The van der Waals surface area contributed by atoms with Crippen LogP contribution in [0.15, 0.2) is 0 Å². The van der Waals surface area contributed by atoms with Crippen molar-refractivity contribution in [3.63, 3.8) is 0 Å². The van der Waals surface area contributed by atoms with Crippen molar-refractivity contribution in [1.82, 2.24) is 0 Å². The van der Waals surface area contributed by atoms with Crippen LogP contribution in [0.4, 0.5) is 0 Å². The van der Waals surface area contributed by atoms with Crippen LogP contribution in [0.1, 0.15) is 0 Å². The first-order valence-corrected chi connectivity index (χ1v) is 3.59. The SMILES string of the molecule is N#CC1(C#N)C(C#N)(C#N)C1(C#N)C#N. The van der Waals surface area contributed by atoms with Crippen LogP contribution in [-0.4, -0.2) is 0 Å². The fraction of sp³-hybridized carbons (Fsp3) is 0.333. The van der Waals surface area contributed by atoms with E-state index in [-0.39, 0.29) is 0 Å². The van der Waals surface area contributed by atoms with Crippen molar-refractivity contribution in [2.45, 2.75) is 0 Å². The summed E-state index contributed by atoms with van der Waals surface area (Å²) in [7, 11) is 0. The van der Waals surface area contributed by atoms with Crippen LogP contribution in [0.2, 0.25) is 0 Å². The quantitative estimate of drug-likeness (QED) is 0.532. The summed E-state index contributed by atoms with van der Waals surface area (Å²) in [4.78, 5) is 0. The normalized spacial score (nSPS) is 21.2. The van der Waals surface area contributed by atoms with Gasteiger partial charge in [-0.15, -0.1) is 0 Å². The maximum atomic E-state index is 8.78. The van der Waals surface area contributed by atoms with Crippen LogP contribution in [0.25, 0.3) is 0 Å². The summed E-state index contributed by atoms with van der Waals surface area (Å²) in [5, 5.41) is 52.7. The number of hydrogen-bond acceptors (Lipinski definition) is 6. The molecule has 0 aliphatic heterocycles. The molecule has 0 unspecified atom stereocenters. The van der Waals surface area contributed by atoms with Crippen LogP contribution >= 0.6 is 0 Å². The molecule has 1 saturated carbocycles. The van der Waals surface area contributed by atoms with E-state index < -0.39 is 16.2 Å². The molecule has 0 spiro atoms. The standard InChI is InChI=1S/C9N6/c10-1-7(2-11)8(3-12,4-13)9(7,5-14)6-15. The molecule has 1 rings (SSSR count). The third kappa shape index (κ3) is 0.548. The first kappa shape index (κ1) is 10.0. The lowest BCUT2D eigenvalue weighted by Gasteiger charge is -1.90. The Kier molecular flexibility index (Phi) is 1.65. The molecule has 6 nitrogen and oxygen atoms in total. The predicted molar refractivity (Wildman–Crippen MR) is 41.0 cm³/mol. The molecule has 1 aliphatic rings. The van der Waals surface area contributed by atoms with Gasteiger partial charge in [0.05, 0.1) is 36.4 Å². The maximum absolute atomic E-state index is 8.78. The van der Waals surface area contributed by atoms with Crippen molar-refractivity contribution in [3.8, 4) is 36.4 Å². The molecule has 0 atom stereocenters. The molecular formula is C9N6. The average Bonchev–Trinajstić information content (AvgIpc) is 2.85. The van der Waals surface area contributed by atoms with Gasteiger partial charge in [0.15, 0.2) is 0 Å². The van der Waals surface area contributed by atoms with Gasteiger partial charge in [0.25, 0.3) is 0 Å². The Morgan fingerprint density at radius 2 is 0.533 bits per heavy atom. The van der Waals surface area contributed by atoms with Crippen LogP contribution in [0.5, 0.6) is 0 Å². The summed E-state index contributed by atoms with van der Waals surface area (Å²) in [5.74, 6) is 0. The summed E-state index contributed by atoms with van der Waals surface area (Å²) in [6.07, 6.45) is 0. The molecule has 0 N–H and O–H groups in total. The van der Waals surface area contributed by atoms with Crippen molar-refractivity contribution in [2.75, 3.05) is 0 Å². The van der Waals surface area contributed by atoms with E-state index >= 15 is 0 Å². The molecule has 6 heteroatoms. The minimum absolute atomic E-state index is 1.44. The molecule has 0 aromatic rings. The van der Waals surface area contributed by atoms with E-state index in [2.05, 4.69) is 0 Å². The lowest BCUT2D eigenvalue weighted by Crippen LogP contribution is -2.05. The van der Waals surface area contributed by atoms with Crippen molar-refractivity contribution >= 4 is 0 Å². The lowest BCUT2D eigenvalue weighted by molar-refractivity contribution is 0.727. The maximum Gasteiger partial charge on any atom is 0.212 e. The number of nitrogens with zero attached hydrogens (tertiary/aromatic N) is 6. The fourth-order valence-electron chi connectivity index (χ4n) is 1.64. The molecular weight excluding hydrogens is 192 g/mol. The number of hydrogen-bond donors (Lipinski definition) is 0. The molecule has 0 amide bonds. The van der Waals surface area contributed by atoms with Crippen molar-refractivity contribution in [1.29, 1.82) is 31.6 Å². The Balaban J connectivity index is 3.70. The zero-order valence-corrected chi connectivity index (χ0v) is 7.18. The van der Waals surface area contributed by atoms with Gasteiger partial charge in [-0.05, 0) is 0 Å². The van der Waals surface area contributed by atoms with E-state index in [0.29, 0.717) is 0 Å². The summed E-state index contributed by atoms with van der Waals surface area (Å²) >= 11 is 0. The topological polar surface area (TPSA) is 143 Å². The Bertz CT molecular complexity index is 433. The van der Waals surface area contributed by atoms with Gasteiger partial charge in [-0.25, -0.2) is 0 Å². The summed E-state index contributed by atoms with van der Waals surface area (Å²) in [5.41, 5.74) is -6.52. The van der Waals surface area contributed by atoms with Gasteiger partial charge in [0, 0.05) is 0 Å². The zero-order chi connectivity index (χ0) is 11.7. The second-order valence-electron chi connectivity index (χ2n) is 2.92. The van der Waals surface area contributed by atoms with Crippen molar-refractivity contribution in [2.24, 2.45) is 16.2 Å². The highest BCUT2D eigenvalue weighted by molar-refractivity contribution is 5.64. The Morgan fingerprint density at radius 3 is 0.600 bits per heavy atom. The lowest BCUT2D eigenvalue weighted by atomic mass is 9.98. The molecule has 0 saturated heterocycles. The van der Waals surface area contributed by atoms with Crippen LogP contribution < -0.4 is 0 Å². The number of rotatable bonds is 0. The molecule has 1 fully saturated rings. The largest absolute Gasteiger partial charge is 0.212 e. The van der Waals surface area contributed by atoms with E-state index in [1.807, 2.05) is 0 Å². The van der Waals surface area contributed by atoms with Gasteiger partial charge in [-0.2, -0.15) is 31.6 Å². The monoisotopic (exact) mass is 192 g/mol. The second kappa shape index (κ2) is 2.47. The third-order valence-corrected chi connectivity index (χ3v) is 2.63. The minimum atomic E-state index is -2.17. The summed E-state index contributed by atoms with van der Waals surface area (Å²) in [6, 6.07) is 8.62. The van der Waals surface area contributed by atoms with Gasteiger partial charge < -0.3 is 0 Å².